The summed E-state index contributed by atoms with van der Waals surface area (Å²) >= 11 is 0. The molecule has 0 radical (unpaired) electrons. The summed E-state index contributed by atoms with van der Waals surface area (Å²) in [5.41, 5.74) is 3.37. The number of hydrogen-bond donors (Lipinski definition) is 1. The molecule has 1 aliphatic carbocycles. The SMILES string of the molecule is CC[C@@H](C(=O)NC1CCCC1)N(Cc1cccc(C)c1)C(=O)CCc1ccccc1. The van der Waals surface area contributed by atoms with Crippen LogP contribution in [0.2, 0.25) is 0 Å². The van der Waals surface area contributed by atoms with Crippen LogP contribution in [0, 0.1) is 6.92 Å². The Hall–Kier alpha value is -2.62. The van der Waals surface area contributed by atoms with E-state index in [9.17, 15) is 9.59 Å². The van der Waals surface area contributed by atoms with Crippen molar-refractivity contribution >= 4 is 11.8 Å². The molecule has 0 aromatic heterocycles. The van der Waals surface area contributed by atoms with Crippen molar-refractivity contribution in [3.8, 4) is 0 Å². The standard InChI is InChI=1S/C26H34N2O2/c1-3-24(26(30)27-23-14-7-8-15-23)28(19-22-13-9-10-20(2)18-22)25(29)17-16-21-11-5-4-6-12-21/h4-6,9-13,18,23-24H,3,7-8,14-17,19H2,1-2H3,(H,27,30)/t24-/m0/s1. The van der Waals surface area contributed by atoms with Gasteiger partial charge in [0, 0.05) is 19.0 Å². The number of amides is 2. The fourth-order valence-corrected chi connectivity index (χ4v) is 4.33. The average Bonchev–Trinajstić information content (AvgIpc) is 3.25. The zero-order valence-electron chi connectivity index (χ0n) is 18.3. The Morgan fingerprint density at radius 3 is 2.40 bits per heavy atom. The molecule has 2 amide bonds. The number of aryl methyl sites for hydroxylation is 2. The van der Waals surface area contributed by atoms with Gasteiger partial charge in [-0.15, -0.1) is 0 Å². The Morgan fingerprint density at radius 1 is 1.03 bits per heavy atom. The predicted molar refractivity (Wildman–Crippen MR) is 121 cm³/mol. The van der Waals surface area contributed by atoms with E-state index in [2.05, 4.69) is 24.4 Å². The van der Waals surface area contributed by atoms with E-state index in [4.69, 9.17) is 0 Å². The number of carbonyl (C=O) groups is 2. The van der Waals surface area contributed by atoms with Gasteiger partial charge in [0.25, 0.3) is 0 Å². The van der Waals surface area contributed by atoms with Crippen molar-refractivity contribution in [3.63, 3.8) is 0 Å². The van der Waals surface area contributed by atoms with Crippen LogP contribution in [0.1, 0.15) is 62.1 Å². The van der Waals surface area contributed by atoms with E-state index in [0.29, 0.717) is 25.8 Å². The Balaban J connectivity index is 1.75. The molecule has 0 bridgehead atoms. The van der Waals surface area contributed by atoms with Gasteiger partial charge in [0.2, 0.25) is 11.8 Å². The Morgan fingerprint density at radius 2 is 1.73 bits per heavy atom. The molecule has 1 saturated carbocycles. The monoisotopic (exact) mass is 406 g/mol. The molecule has 1 fully saturated rings. The molecule has 2 aromatic carbocycles. The van der Waals surface area contributed by atoms with Crippen LogP contribution in [0.3, 0.4) is 0 Å². The largest absolute Gasteiger partial charge is 0.352 e. The highest BCUT2D eigenvalue weighted by Crippen LogP contribution is 2.20. The van der Waals surface area contributed by atoms with Crippen molar-refractivity contribution < 1.29 is 9.59 Å². The molecular weight excluding hydrogens is 372 g/mol. The fourth-order valence-electron chi connectivity index (χ4n) is 4.33. The quantitative estimate of drug-likeness (QED) is 0.651. The summed E-state index contributed by atoms with van der Waals surface area (Å²) in [6.07, 6.45) is 6.13. The van der Waals surface area contributed by atoms with Gasteiger partial charge in [0.15, 0.2) is 0 Å². The molecule has 0 spiro atoms. The molecule has 30 heavy (non-hydrogen) atoms. The first-order valence-electron chi connectivity index (χ1n) is 11.3. The van der Waals surface area contributed by atoms with E-state index in [1.165, 1.54) is 12.8 Å². The lowest BCUT2D eigenvalue weighted by molar-refractivity contribution is -0.141. The highest BCUT2D eigenvalue weighted by atomic mass is 16.2. The van der Waals surface area contributed by atoms with E-state index in [1.54, 1.807) is 4.90 Å². The fraction of sp³-hybridized carbons (Fsp3) is 0.462. The molecule has 0 aliphatic heterocycles. The normalized spacial score (nSPS) is 15.0. The summed E-state index contributed by atoms with van der Waals surface area (Å²) in [5.74, 6) is 0.0268. The lowest BCUT2D eigenvalue weighted by atomic mass is 10.0. The molecule has 1 atom stereocenters. The Bertz CT molecular complexity index is 828. The van der Waals surface area contributed by atoms with Crippen molar-refractivity contribution in [2.45, 2.75) is 77.4 Å². The molecule has 0 saturated heterocycles. The Labute approximate surface area is 180 Å². The zero-order chi connectivity index (χ0) is 21.3. The topological polar surface area (TPSA) is 49.4 Å². The minimum atomic E-state index is -0.436. The third kappa shape index (κ3) is 6.19. The number of carbonyl (C=O) groups excluding carboxylic acids is 2. The van der Waals surface area contributed by atoms with Gasteiger partial charge < -0.3 is 10.2 Å². The van der Waals surface area contributed by atoms with E-state index >= 15 is 0 Å². The molecule has 0 heterocycles. The first kappa shape index (κ1) is 22.1. The van der Waals surface area contributed by atoms with Gasteiger partial charge in [0.05, 0.1) is 0 Å². The van der Waals surface area contributed by atoms with Crippen molar-refractivity contribution in [2.75, 3.05) is 0 Å². The smallest absolute Gasteiger partial charge is 0.243 e. The van der Waals surface area contributed by atoms with Gasteiger partial charge in [-0.2, -0.15) is 0 Å². The van der Waals surface area contributed by atoms with Crippen LogP contribution < -0.4 is 5.32 Å². The minimum Gasteiger partial charge on any atom is -0.352 e. The maximum absolute atomic E-state index is 13.3. The highest BCUT2D eigenvalue weighted by molar-refractivity contribution is 5.88. The van der Waals surface area contributed by atoms with E-state index in [1.807, 2.05) is 49.4 Å². The average molecular weight is 407 g/mol. The molecule has 0 unspecified atom stereocenters. The number of nitrogens with zero attached hydrogens (tertiary/aromatic N) is 1. The van der Waals surface area contributed by atoms with Crippen LogP contribution >= 0.6 is 0 Å². The lowest BCUT2D eigenvalue weighted by Gasteiger charge is -2.31. The van der Waals surface area contributed by atoms with E-state index < -0.39 is 6.04 Å². The molecule has 4 nitrogen and oxygen atoms in total. The number of rotatable bonds is 9. The van der Waals surface area contributed by atoms with Gasteiger partial charge in [-0.3, -0.25) is 9.59 Å². The molecule has 160 valence electrons. The first-order valence-corrected chi connectivity index (χ1v) is 11.3. The maximum atomic E-state index is 13.3. The minimum absolute atomic E-state index is 0.00915. The van der Waals surface area contributed by atoms with Gasteiger partial charge in [-0.05, 0) is 43.7 Å². The van der Waals surface area contributed by atoms with Gasteiger partial charge in [0.1, 0.15) is 6.04 Å². The van der Waals surface area contributed by atoms with Crippen LogP contribution in [-0.4, -0.2) is 28.8 Å². The van der Waals surface area contributed by atoms with Crippen LogP contribution in [0.5, 0.6) is 0 Å². The molecule has 2 aromatic rings. The van der Waals surface area contributed by atoms with Gasteiger partial charge in [-0.25, -0.2) is 0 Å². The number of hydrogen-bond acceptors (Lipinski definition) is 2. The summed E-state index contributed by atoms with van der Waals surface area (Å²) in [4.78, 5) is 28.2. The predicted octanol–water partition coefficient (Wildman–Crippen LogP) is 4.79. The van der Waals surface area contributed by atoms with Crippen LogP contribution in [0.15, 0.2) is 54.6 Å². The summed E-state index contributed by atoms with van der Waals surface area (Å²) < 4.78 is 0. The van der Waals surface area contributed by atoms with E-state index in [-0.39, 0.29) is 17.9 Å². The summed E-state index contributed by atoms with van der Waals surface area (Å²) in [7, 11) is 0. The maximum Gasteiger partial charge on any atom is 0.243 e. The number of benzene rings is 2. The summed E-state index contributed by atoms with van der Waals surface area (Å²) in [6.45, 7) is 4.51. The molecule has 3 rings (SSSR count). The zero-order valence-corrected chi connectivity index (χ0v) is 18.3. The summed E-state index contributed by atoms with van der Waals surface area (Å²) in [6, 6.07) is 18.1. The molecule has 1 aliphatic rings. The van der Waals surface area contributed by atoms with Crippen LogP contribution in [-0.2, 0) is 22.6 Å². The number of nitrogens with one attached hydrogen (secondary N) is 1. The molecule has 4 heteroatoms. The third-order valence-electron chi connectivity index (χ3n) is 5.99. The second kappa shape index (κ2) is 11.0. The van der Waals surface area contributed by atoms with Crippen molar-refractivity contribution in [1.29, 1.82) is 0 Å². The van der Waals surface area contributed by atoms with E-state index in [0.717, 1.165) is 29.5 Å². The third-order valence-corrected chi connectivity index (χ3v) is 5.99. The first-order chi connectivity index (χ1) is 14.6. The van der Waals surface area contributed by atoms with Crippen molar-refractivity contribution in [3.05, 3.63) is 71.3 Å². The summed E-state index contributed by atoms with van der Waals surface area (Å²) in [5, 5.41) is 3.20. The van der Waals surface area contributed by atoms with Crippen LogP contribution in [0.25, 0.3) is 0 Å². The van der Waals surface area contributed by atoms with Gasteiger partial charge >= 0.3 is 0 Å². The van der Waals surface area contributed by atoms with Crippen molar-refractivity contribution in [2.24, 2.45) is 0 Å². The van der Waals surface area contributed by atoms with Crippen LogP contribution in [0.4, 0.5) is 0 Å². The Kier molecular flexibility index (Phi) is 8.06. The van der Waals surface area contributed by atoms with Gasteiger partial charge in [-0.1, -0.05) is 79.9 Å². The molecule has 1 N–H and O–H groups in total. The second-order valence-electron chi connectivity index (χ2n) is 8.41. The molecular formula is C26H34N2O2. The van der Waals surface area contributed by atoms with Crippen molar-refractivity contribution in [1.82, 2.24) is 10.2 Å². The lowest BCUT2D eigenvalue weighted by Crippen LogP contribution is -2.51. The highest BCUT2D eigenvalue weighted by Gasteiger charge is 2.30. The second-order valence-corrected chi connectivity index (χ2v) is 8.41.